The molecule has 1 aromatic carbocycles. The van der Waals surface area contributed by atoms with Crippen LogP contribution in [0.15, 0.2) is 18.2 Å². The molecule has 5 heteroatoms. The Morgan fingerprint density at radius 3 is 2.69 bits per heavy atom. The van der Waals surface area contributed by atoms with E-state index in [1.807, 2.05) is 0 Å². The molecule has 0 heterocycles. The first-order valence-electron chi connectivity index (χ1n) is 5.01. The van der Waals surface area contributed by atoms with Crippen LogP contribution >= 0.6 is 0 Å². The van der Waals surface area contributed by atoms with Crippen LogP contribution in [0.5, 0.6) is 0 Å². The van der Waals surface area contributed by atoms with Gasteiger partial charge in [0.15, 0.2) is 11.6 Å². The molecule has 0 spiro atoms. The zero-order chi connectivity index (χ0) is 11.7. The molecule has 0 aromatic heterocycles. The number of hydrogen-bond donors (Lipinski definition) is 2. The van der Waals surface area contributed by atoms with Gasteiger partial charge in [-0.3, -0.25) is 4.79 Å². The van der Waals surface area contributed by atoms with Crippen LogP contribution in [0.3, 0.4) is 0 Å². The first-order chi connectivity index (χ1) is 7.58. The molecule has 0 bridgehead atoms. The number of aliphatic hydroxyl groups excluding tert-OH is 1. The van der Waals surface area contributed by atoms with E-state index in [1.54, 1.807) is 0 Å². The number of hydrogen-bond acceptors (Lipinski definition) is 2. The summed E-state index contributed by atoms with van der Waals surface area (Å²) in [7, 11) is 0. The summed E-state index contributed by atoms with van der Waals surface area (Å²) in [5, 5.41) is 11.5. The summed E-state index contributed by atoms with van der Waals surface area (Å²) in [6.07, 6.45) is 0.522. The Labute approximate surface area is 91.1 Å². The number of carbonyl (C=O) groups is 1. The van der Waals surface area contributed by atoms with E-state index in [-0.39, 0.29) is 11.6 Å². The third-order valence-corrected chi connectivity index (χ3v) is 2.64. The average molecular weight is 227 g/mol. The highest BCUT2D eigenvalue weighted by Crippen LogP contribution is 2.20. The normalized spacial score (nSPS) is 23.7. The van der Waals surface area contributed by atoms with Gasteiger partial charge < -0.3 is 10.4 Å². The van der Waals surface area contributed by atoms with Crippen molar-refractivity contribution in [2.24, 2.45) is 0 Å². The van der Waals surface area contributed by atoms with E-state index in [1.165, 1.54) is 12.1 Å². The molecule has 2 rings (SSSR count). The number of nitrogens with one attached hydrogen (secondary N) is 1. The number of aliphatic hydroxyl groups is 1. The number of amides is 1. The molecule has 0 aliphatic heterocycles. The van der Waals surface area contributed by atoms with Gasteiger partial charge in [0.1, 0.15) is 0 Å². The highest BCUT2D eigenvalue weighted by molar-refractivity contribution is 5.94. The van der Waals surface area contributed by atoms with Gasteiger partial charge in [-0.05, 0) is 25.0 Å². The molecule has 1 aliphatic carbocycles. The summed E-state index contributed by atoms with van der Waals surface area (Å²) in [5.41, 5.74) is -0.304. The molecule has 0 atom stereocenters. The van der Waals surface area contributed by atoms with Crippen molar-refractivity contribution in [1.82, 2.24) is 5.32 Å². The minimum atomic E-state index is -1.14. The molecule has 0 radical (unpaired) electrons. The fraction of sp³-hybridized carbons (Fsp3) is 0.364. The van der Waals surface area contributed by atoms with Crippen LogP contribution in [-0.2, 0) is 0 Å². The van der Waals surface area contributed by atoms with Crippen molar-refractivity contribution < 1.29 is 18.7 Å². The second-order valence-corrected chi connectivity index (χ2v) is 3.90. The van der Waals surface area contributed by atoms with E-state index < -0.39 is 23.6 Å². The van der Waals surface area contributed by atoms with Crippen LogP contribution in [0.4, 0.5) is 8.78 Å². The van der Waals surface area contributed by atoms with Crippen molar-refractivity contribution in [1.29, 1.82) is 0 Å². The molecule has 1 fully saturated rings. The molecule has 1 aromatic rings. The molecule has 0 saturated heterocycles. The van der Waals surface area contributed by atoms with Gasteiger partial charge in [0.2, 0.25) is 0 Å². The number of halogens is 2. The Balaban J connectivity index is 2.06. The summed E-state index contributed by atoms with van der Waals surface area (Å²) in [4.78, 5) is 11.5. The third kappa shape index (κ3) is 2.04. The molecular formula is C11H11F2NO2. The van der Waals surface area contributed by atoms with Crippen molar-refractivity contribution in [2.75, 3.05) is 0 Å². The minimum Gasteiger partial charge on any atom is -0.393 e. The van der Waals surface area contributed by atoms with Gasteiger partial charge in [0.25, 0.3) is 5.91 Å². The summed E-state index contributed by atoms with van der Waals surface area (Å²) in [6.45, 7) is 0. The predicted molar refractivity (Wildman–Crippen MR) is 52.9 cm³/mol. The molecule has 0 unspecified atom stereocenters. The predicted octanol–water partition coefficient (Wildman–Crippen LogP) is 1.22. The maximum absolute atomic E-state index is 13.2. The van der Waals surface area contributed by atoms with Crippen LogP contribution in [0.1, 0.15) is 23.2 Å². The average Bonchev–Trinajstić information content (AvgIpc) is 2.19. The molecule has 1 amide bonds. The third-order valence-electron chi connectivity index (χ3n) is 2.64. The van der Waals surface area contributed by atoms with Gasteiger partial charge in [-0.1, -0.05) is 6.07 Å². The minimum absolute atomic E-state index is 0.148. The van der Waals surface area contributed by atoms with Gasteiger partial charge in [0.05, 0.1) is 11.7 Å². The van der Waals surface area contributed by atoms with E-state index in [4.69, 9.17) is 5.11 Å². The number of rotatable bonds is 2. The zero-order valence-corrected chi connectivity index (χ0v) is 8.41. The van der Waals surface area contributed by atoms with E-state index in [0.717, 1.165) is 6.07 Å². The maximum Gasteiger partial charge on any atom is 0.254 e. The monoisotopic (exact) mass is 227 g/mol. The molecule has 3 nitrogen and oxygen atoms in total. The fourth-order valence-corrected chi connectivity index (χ4v) is 1.65. The van der Waals surface area contributed by atoms with Crippen molar-refractivity contribution in [3.63, 3.8) is 0 Å². The fourth-order valence-electron chi connectivity index (χ4n) is 1.65. The standard InChI is InChI=1S/C11H11F2NO2/c12-9-3-1-2-8(10(9)13)11(16)14-6-4-7(15)5-6/h1-3,6-7,15H,4-5H2,(H,14,16). The number of carbonyl (C=O) groups excluding carboxylic acids is 1. The quantitative estimate of drug-likeness (QED) is 0.798. The molecule has 1 aliphatic rings. The van der Waals surface area contributed by atoms with E-state index >= 15 is 0 Å². The van der Waals surface area contributed by atoms with Gasteiger partial charge in [0, 0.05) is 6.04 Å². The summed E-state index contributed by atoms with van der Waals surface area (Å²) in [5.74, 6) is -2.82. The lowest BCUT2D eigenvalue weighted by atomic mass is 9.89. The topological polar surface area (TPSA) is 49.3 Å². The first-order valence-corrected chi connectivity index (χ1v) is 5.01. The lowest BCUT2D eigenvalue weighted by Gasteiger charge is -2.31. The van der Waals surface area contributed by atoms with Crippen LogP contribution in [0.2, 0.25) is 0 Å². The SMILES string of the molecule is O=C(NC1CC(O)C1)c1cccc(F)c1F. The second kappa shape index (κ2) is 4.17. The van der Waals surface area contributed by atoms with Crippen LogP contribution in [-0.4, -0.2) is 23.2 Å². The highest BCUT2D eigenvalue weighted by Gasteiger charge is 2.29. The van der Waals surface area contributed by atoms with Gasteiger partial charge in [-0.2, -0.15) is 0 Å². The van der Waals surface area contributed by atoms with Crippen molar-refractivity contribution in [3.8, 4) is 0 Å². The highest BCUT2D eigenvalue weighted by atomic mass is 19.2. The molecular weight excluding hydrogens is 216 g/mol. The van der Waals surface area contributed by atoms with Gasteiger partial charge >= 0.3 is 0 Å². The van der Waals surface area contributed by atoms with Gasteiger partial charge in [-0.15, -0.1) is 0 Å². The molecule has 86 valence electrons. The largest absolute Gasteiger partial charge is 0.393 e. The number of benzene rings is 1. The van der Waals surface area contributed by atoms with E-state index in [2.05, 4.69) is 5.32 Å². The Morgan fingerprint density at radius 1 is 1.38 bits per heavy atom. The summed E-state index contributed by atoms with van der Waals surface area (Å²) < 4.78 is 26.1. The Kier molecular flexibility index (Phi) is 2.87. The van der Waals surface area contributed by atoms with Crippen molar-refractivity contribution >= 4 is 5.91 Å². The zero-order valence-electron chi connectivity index (χ0n) is 8.41. The van der Waals surface area contributed by atoms with Gasteiger partial charge in [-0.25, -0.2) is 8.78 Å². The Morgan fingerprint density at radius 2 is 2.06 bits per heavy atom. The summed E-state index contributed by atoms with van der Waals surface area (Å²) in [6, 6.07) is 3.32. The molecule has 2 N–H and O–H groups in total. The Hall–Kier alpha value is -1.49. The first kappa shape index (κ1) is 11.0. The van der Waals surface area contributed by atoms with Crippen LogP contribution in [0.25, 0.3) is 0 Å². The smallest absolute Gasteiger partial charge is 0.254 e. The van der Waals surface area contributed by atoms with Crippen LogP contribution < -0.4 is 5.32 Å². The second-order valence-electron chi connectivity index (χ2n) is 3.90. The van der Waals surface area contributed by atoms with Crippen molar-refractivity contribution in [3.05, 3.63) is 35.4 Å². The molecule has 16 heavy (non-hydrogen) atoms. The van der Waals surface area contributed by atoms with E-state index in [9.17, 15) is 13.6 Å². The lowest BCUT2D eigenvalue weighted by molar-refractivity contribution is 0.0561. The van der Waals surface area contributed by atoms with Crippen molar-refractivity contribution in [2.45, 2.75) is 25.0 Å². The lowest BCUT2D eigenvalue weighted by Crippen LogP contribution is -2.46. The van der Waals surface area contributed by atoms with Crippen LogP contribution in [0, 0.1) is 11.6 Å². The van der Waals surface area contributed by atoms with E-state index in [0.29, 0.717) is 12.8 Å². The molecule has 1 saturated carbocycles. The maximum atomic E-state index is 13.2. The summed E-state index contributed by atoms with van der Waals surface area (Å²) >= 11 is 0. The Bertz CT molecular complexity index is 416.